The predicted molar refractivity (Wildman–Crippen MR) is 194 cm³/mol. The number of aromatic nitrogens is 2. The lowest BCUT2D eigenvalue weighted by atomic mass is 10.1. The third kappa shape index (κ3) is 7.09. The highest BCUT2D eigenvalue weighted by atomic mass is 32.2. The number of carbonyl (C=O) groups excluding carboxylic acids is 3. The van der Waals surface area contributed by atoms with Gasteiger partial charge >= 0.3 is 0 Å². The van der Waals surface area contributed by atoms with E-state index in [2.05, 4.69) is 23.9 Å². The van der Waals surface area contributed by atoms with Crippen LogP contribution >= 0.6 is 11.3 Å². The van der Waals surface area contributed by atoms with Crippen molar-refractivity contribution in [3.8, 4) is 22.2 Å². The monoisotopic (exact) mass is 735 g/mol. The number of hydrogen-bond donors (Lipinski definition) is 2. The van der Waals surface area contributed by atoms with Crippen molar-refractivity contribution in [1.29, 1.82) is 0 Å². The van der Waals surface area contributed by atoms with Crippen LogP contribution in [0.2, 0.25) is 0 Å². The Morgan fingerprint density at radius 1 is 1.14 bits per heavy atom. The normalized spacial score (nSPS) is 26.2. The molecule has 14 heteroatoms. The van der Waals surface area contributed by atoms with Crippen molar-refractivity contribution in [3.05, 3.63) is 47.0 Å². The molecule has 4 aliphatic rings. The fourth-order valence-electron chi connectivity index (χ4n) is 7.15. The second kappa shape index (κ2) is 13.8. The van der Waals surface area contributed by atoms with Crippen molar-refractivity contribution >= 4 is 50.0 Å². The maximum absolute atomic E-state index is 14.1. The summed E-state index contributed by atoms with van der Waals surface area (Å²) in [6.07, 6.45) is 8.34. The van der Waals surface area contributed by atoms with Crippen LogP contribution in [0, 0.1) is 12.8 Å². The van der Waals surface area contributed by atoms with Gasteiger partial charge in [0.1, 0.15) is 39.9 Å². The highest BCUT2D eigenvalue weighted by molar-refractivity contribution is 7.91. The molecule has 12 nitrogen and oxygen atoms in total. The molecule has 51 heavy (non-hydrogen) atoms. The van der Waals surface area contributed by atoms with Crippen LogP contribution in [0.3, 0.4) is 0 Å². The van der Waals surface area contributed by atoms with Crippen LogP contribution < -0.4 is 19.5 Å². The number of benzene rings is 1. The number of rotatable bonds is 8. The third-order valence-corrected chi connectivity index (χ3v) is 13.2. The first-order valence-electron chi connectivity index (χ1n) is 17.8. The van der Waals surface area contributed by atoms with Gasteiger partial charge in [0, 0.05) is 41.2 Å². The fraction of sp³-hybridized carbons (Fsp3) is 0.541. The average molecular weight is 736 g/mol. The van der Waals surface area contributed by atoms with Gasteiger partial charge in [-0.25, -0.2) is 18.4 Å². The Labute approximate surface area is 302 Å². The Bertz CT molecular complexity index is 2010. The second-order valence-electron chi connectivity index (χ2n) is 14.5. The quantitative estimate of drug-likeness (QED) is 0.299. The molecule has 3 amide bonds. The van der Waals surface area contributed by atoms with Crippen LogP contribution in [0.15, 0.2) is 35.7 Å². The fourth-order valence-corrected chi connectivity index (χ4v) is 9.45. The van der Waals surface area contributed by atoms with Crippen molar-refractivity contribution in [1.82, 2.24) is 24.9 Å². The summed E-state index contributed by atoms with van der Waals surface area (Å²) in [4.78, 5) is 52.8. The van der Waals surface area contributed by atoms with Crippen molar-refractivity contribution in [3.63, 3.8) is 0 Å². The number of pyridine rings is 1. The van der Waals surface area contributed by atoms with Crippen LogP contribution in [0.1, 0.15) is 88.8 Å². The van der Waals surface area contributed by atoms with Gasteiger partial charge in [0.15, 0.2) is 0 Å². The summed E-state index contributed by atoms with van der Waals surface area (Å²) in [5, 5.41) is 5.90. The summed E-state index contributed by atoms with van der Waals surface area (Å²) in [5.41, 5.74) is 1.78. The Morgan fingerprint density at radius 2 is 1.94 bits per heavy atom. The van der Waals surface area contributed by atoms with E-state index < -0.39 is 44.8 Å². The number of thiazole rings is 1. The molecule has 2 saturated carbocycles. The summed E-state index contributed by atoms with van der Waals surface area (Å²) in [6, 6.07) is 4.74. The van der Waals surface area contributed by atoms with Crippen molar-refractivity contribution < 1.29 is 32.3 Å². The van der Waals surface area contributed by atoms with E-state index in [1.54, 1.807) is 12.0 Å². The van der Waals surface area contributed by atoms with E-state index in [4.69, 9.17) is 19.4 Å². The maximum Gasteiger partial charge on any atom is 0.259 e. The Morgan fingerprint density at radius 3 is 2.67 bits per heavy atom. The molecule has 4 heterocycles. The molecule has 0 radical (unpaired) electrons. The minimum atomic E-state index is -3.82. The van der Waals surface area contributed by atoms with Crippen molar-refractivity contribution in [2.75, 3.05) is 13.7 Å². The van der Waals surface area contributed by atoms with Crippen LogP contribution in [-0.2, 0) is 24.4 Å². The third-order valence-electron chi connectivity index (χ3n) is 10.5. The topological polar surface area (TPSA) is 157 Å². The van der Waals surface area contributed by atoms with Crippen LogP contribution in [0.5, 0.6) is 11.5 Å². The zero-order chi connectivity index (χ0) is 36.1. The largest absolute Gasteiger partial charge is 0.496 e. The number of fused-ring (bicyclic) bond motifs is 3. The molecule has 2 aliphatic heterocycles. The van der Waals surface area contributed by atoms with Gasteiger partial charge in [-0.15, -0.1) is 11.3 Å². The summed E-state index contributed by atoms with van der Waals surface area (Å²) >= 11 is 1.51. The average Bonchev–Trinajstić information content (AvgIpc) is 3.97. The molecule has 272 valence electrons. The highest BCUT2D eigenvalue weighted by Crippen LogP contribution is 2.46. The highest BCUT2D eigenvalue weighted by Gasteiger charge is 2.62. The number of ether oxygens (including phenoxy) is 2. The zero-order valence-corrected chi connectivity index (χ0v) is 31.1. The standard InChI is InChI=1S/C37H45N5O7S2/c1-21(2)28-20-50-35(39-28)27-17-31(26-14-15-30(48-4)22(3)33(26)38-27)49-24-16-29-34(44)40-37(36(45)41-51(46,47)25-12-13-25)18-23(37)10-8-6-5-7-9-11-32(43)42(29)19-24/h8,10,14-15,17,20-21,23-25,29H,5-7,9,11-13,16,18-19H2,1-4H3,(H,40,44)(H,41,45)/b10-8+. The molecule has 4 unspecified atom stereocenters. The molecule has 2 aromatic heterocycles. The first kappa shape index (κ1) is 35.4. The lowest BCUT2D eigenvalue weighted by molar-refractivity contribution is -0.139. The molecule has 3 aromatic rings. The van der Waals surface area contributed by atoms with Gasteiger partial charge in [0.05, 0.1) is 30.1 Å². The number of hydrogen-bond acceptors (Lipinski definition) is 10. The zero-order valence-electron chi connectivity index (χ0n) is 29.4. The van der Waals surface area contributed by atoms with Gasteiger partial charge in [-0.05, 0) is 63.5 Å². The Hall–Kier alpha value is -4.04. The first-order valence-corrected chi connectivity index (χ1v) is 20.3. The van der Waals surface area contributed by atoms with Gasteiger partial charge < -0.3 is 19.7 Å². The van der Waals surface area contributed by atoms with Gasteiger partial charge in [-0.2, -0.15) is 0 Å². The number of amides is 3. The maximum atomic E-state index is 14.1. The van der Waals surface area contributed by atoms with Crippen molar-refractivity contribution in [2.24, 2.45) is 5.92 Å². The molecular formula is C37H45N5O7S2. The summed E-state index contributed by atoms with van der Waals surface area (Å²) in [5.74, 6) is -0.217. The van der Waals surface area contributed by atoms with Gasteiger partial charge in [0.2, 0.25) is 21.8 Å². The molecule has 1 saturated heterocycles. The SMILES string of the molecule is COc1ccc2c(OC3CC4C(=O)NC5(C(=O)NS(=O)(=O)C6CC6)CC5/C=C/CCCCCC(=O)N4C3)cc(-c3nc(C(C)C)cs3)nc2c1C. The minimum absolute atomic E-state index is 0.152. The van der Waals surface area contributed by atoms with Gasteiger partial charge in [-0.1, -0.05) is 32.4 Å². The molecule has 4 atom stereocenters. The van der Waals surface area contributed by atoms with Crippen molar-refractivity contribution in [2.45, 2.75) is 107 Å². The summed E-state index contributed by atoms with van der Waals surface area (Å²) in [7, 11) is -2.21. The van der Waals surface area contributed by atoms with E-state index in [-0.39, 0.29) is 43.6 Å². The molecule has 3 fully saturated rings. The summed E-state index contributed by atoms with van der Waals surface area (Å²) < 4.78 is 40.1. The number of nitrogens with one attached hydrogen (secondary N) is 2. The van der Waals surface area contributed by atoms with Crippen LogP contribution in [-0.4, -0.2) is 77.6 Å². The number of aryl methyl sites for hydroxylation is 1. The van der Waals surface area contributed by atoms with E-state index in [0.717, 1.165) is 40.9 Å². The number of nitrogens with zero attached hydrogens (tertiary/aromatic N) is 3. The van der Waals surface area contributed by atoms with Gasteiger partial charge in [-0.3, -0.25) is 19.1 Å². The van der Waals surface area contributed by atoms with Crippen LogP contribution in [0.25, 0.3) is 21.6 Å². The number of allylic oxidation sites excluding steroid dienone is 1. The van der Waals surface area contributed by atoms with Crippen LogP contribution in [0.4, 0.5) is 0 Å². The van der Waals surface area contributed by atoms with E-state index in [9.17, 15) is 22.8 Å². The smallest absolute Gasteiger partial charge is 0.259 e. The molecule has 2 N–H and O–H groups in total. The predicted octanol–water partition coefficient (Wildman–Crippen LogP) is 5.15. The van der Waals surface area contributed by atoms with E-state index in [1.807, 2.05) is 42.7 Å². The Kier molecular flexibility index (Phi) is 9.59. The molecule has 0 spiro atoms. The van der Waals surface area contributed by atoms with E-state index in [1.165, 1.54) is 11.3 Å². The molecule has 2 aliphatic carbocycles. The molecular weight excluding hydrogens is 691 g/mol. The lowest BCUT2D eigenvalue weighted by Crippen LogP contribution is -2.56. The lowest BCUT2D eigenvalue weighted by Gasteiger charge is -2.26. The molecule has 7 rings (SSSR count). The Balaban J connectivity index is 1.19. The first-order chi connectivity index (χ1) is 24.4. The number of methoxy groups -OCH3 is 1. The van der Waals surface area contributed by atoms with E-state index >= 15 is 0 Å². The second-order valence-corrected chi connectivity index (χ2v) is 17.4. The number of sulfonamides is 1. The molecule has 0 bridgehead atoms. The minimum Gasteiger partial charge on any atom is -0.496 e. The number of carbonyl (C=O) groups is 3. The molecule has 1 aromatic carbocycles. The van der Waals surface area contributed by atoms with E-state index in [0.29, 0.717) is 42.0 Å². The summed E-state index contributed by atoms with van der Waals surface area (Å²) in [6.45, 7) is 6.30. The van der Waals surface area contributed by atoms with Gasteiger partial charge in [0.25, 0.3) is 5.91 Å².